The number of pyridine rings is 2. The summed E-state index contributed by atoms with van der Waals surface area (Å²) in [5.41, 5.74) is 0.865. The second kappa shape index (κ2) is 9.76. The van der Waals surface area contributed by atoms with Crippen LogP contribution in [0.1, 0.15) is 48.2 Å². The Morgan fingerprint density at radius 3 is 2.68 bits per heavy atom. The highest BCUT2D eigenvalue weighted by molar-refractivity contribution is 7.82. The largest absolute Gasteiger partial charge is 0.416 e. The zero-order valence-corrected chi connectivity index (χ0v) is 19.7. The Balaban J connectivity index is 1.71. The summed E-state index contributed by atoms with van der Waals surface area (Å²) in [5.74, 6) is -0.417. The number of nitrogens with zero attached hydrogens (tertiary/aromatic N) is 3. The molecular formula is C21H23ClF3N5O3S. The van der Waals surface area contributed by atoms with Crippen molar-refractivity contribution >= 4 is 40.0 Å². The van der Waals surface area contributed by atoms with Crippen LogP contribution in [-0.4, -0.2) is 51.6 Å². The van der Waals surface area contributed by atoms with E-state index in [1.54, 1.807) is 6.92 Å². The highest BCUT2D eigenvalue weighted by Crippen LogP contribution is 2.41. The van der Waals surface area contributed by atoms with Crippen LogP contribution in [0.4, 0.5) is 24.7 Å². The monoisotopic (exact) mass is 517 g/mol. The van der Waals surface area contributed by atoms with Crippen LogP contribution in [0.3, 0.4) is 0 Å². The molecule has 13 heteroatoms. The first-order valence-corrected chi connectivity index (χ1v) is 12.2. The molecule has 0 spiro atoms. The Morgan fingerprint density at radius 2 is 2.06 bits per heavy atom. The van der Waals surface area contributed by atoms with Gasteiger partial charge < -0.3 is 15.0 Å². The number of anilines is 2. The van der Waals surface area contributed by atoms with E-state index in [9.17, 15) is 22.2 Å². The van der Waals surface area contributed by atoms with E-state index in [0.717, 1.165) is 19.3 Å². The van der Waals surface area contributed by atoms with Gasteiger partial charge in [-0.05, 0) is 38.0 Å². The molecular weight excluding hydrogens is 495 g/mol. The van der Waals surface area contributed by atoms with Gasteiger partial charge in [-0.1, -0.05) is 18.0 Å². The number of rotatable bonds is 5. The molecule has 2 aromatic rings. The molecule has 3 atom stereocenters. The van der Waals surface area contributed by atoms with Crippen molar-refractivity contribution < 1.29 is 26.9 Å². The van der Waals surface area contributed by atoms with E-state index in [2.05, 4.69) is 15.3 Å². The summed E-state index contributed by atoms with van der Waals surface area (Å²) in [4.78, 5) is 23.1. The number of halogens is 4. The van der Waals surface area contributed by atoms with Crippen LogP contribution in [-0.2, 0) is 15.7 Å². The van der Waals surface area contributed by atoms with Crippen molar-refractivity contribution in [3.8, 4) is 0 Å². The van der Waals surface area contributed by atoms with Gasteiger partial charge in [0.05, 0.1) is 28.9 Å². The Kier molecular flexibility index (Phi) is 7.13. The number of ether oxygens (including phenoxy) is 1. The van der Waals surface area contributed by atoms with Gasteiger partial charge in [-0.15, -0.1) is 0 Å². The molecule has 1 aliphatic heterocycles. The molecule has 184 valence electrons. The molecule has 3 heterocycles. The second-order valence-corrected chi connectivity index (χ2v) is 9.79. The number of amides is 1. The van der Waals surface area contributed by atoms with E-state index >= 15 is 0 Å². The number of carbonyl (C=O) groups excluding carboxylic acids is 1. The van der Waals surface area contributed by atoms with Gasteiger partial charge in [0.2, 0.25) is 0 Å². The van der Waals surface area contributed by atoms with E-state index in [4.69, 9.17) is 21.5 Å². The highest BCUT2D eigenvalue weighted by atomic mass is 35.5. The molecule has 1 saturated heterocycles. The smallest absolute Gasteiger partial charge is 0.362 e. The maximum Gasteiger partial charge on any atom is 0.416 e. The van der Waals surface area contributed by atoms with Crippen LogP contribution in [0.15, 0.2) is 29.4 Å². The van der Waals surface area contributed by atoms with Gasteiger partial charge in [0.25, 0.3) is 5.91 Å². The third-order valence-corrected chi connectivity index (χ3v) is 6.78. The van der Waals surface area contributed by atoms with Crippen molar-refractivity contribution in [1.29, 1.82) is 0 Å². The van der Waals surface area contributed by atoms with E-state index < -0.39 is 41.8 Å². The second-order valence-electron chi connectivity index (χ2n) is 8.37. The van der Waals surface area contributed by atoms with E-state index in [1.807, 2.05) is 0 Å². The van der Waals surface area contributed by atoms with Crippen molar-refractivity contribution in [2.75, 3.05) is 23.3 Å². The zero-order chi connectivity index (χ0) is 24.6. The van der Waals surface area contributed by atoms with E-state index in [0.29, 0.717) is 5.69 Å². The number of hydrogen-bond acceptors (Lipinski definition) is 6. The van der Waals surface area contributed by atoms with Gasteiger partial charge in [-0.3, -0.25) is 4.79 Å². The van der Waals surface area contributed by atoms with Crippen LogP contribution in [0, 0.1) is 0 Å². The molecule has 2 fully saturated rings. The molecule has 34 heavy (non-hydrogen) atoms. The van der Waals surface area contributed by atoms with Crippen molar-refractivity contribution in [2.45, 2.75) is 55.5 Å². The maximum atomic E-state index is 13.5. The molecule has 3 unspecified atom stereocenters. The minimum atomic E-state index is -4.57. The van der Waals surface area contributed by atoms with Crippen molar-refractivity contribution in [3.05, 3.63) is 40.7 Å². The first kappa shape index (κ1) is 24.8. The van der Waals surface area contributed by atoms with E-state index in [1.165, 1.54) is 29.3 Å². The van der Waals surface area contributed by atoms with Crippen LogP contribution in [0.5, 0.6) is 0 Å². The first-order chi connectivity index (χ1) is 16.0. The number of morpholine rings is 1. The molecule has 1 amide bonds. The summed E-state index contributed by atoms with van der Waals surface area (Å²) in [6.45, 7) is 1.16. The summed E-state index contributed by atoms with van der Waals surface area (Å²) >= 11 is 6.46. The highest BCUT2D eigenvalue weighted by Gasteiger charge is 2.46. The molecule has 8 nitrogen and oxygen atoms in total. The van der Waals surface area contributed by atoms with E-state index in [-0.39, 0.29) is 39.6 Å². The summed E-state index contributed by atoms with van der Waals surface area (Å²) in [6, 6.07) is 4.27. The molecule has 1 aliphatic carbocycles. The minimum absolute atomic E-state index is 0.0235. The lowest BCUT2D eigenvalue weighted by atomic mass is 9.82. The molecule has 2 aliphatic rings. The lowest BCUT2D eigenvalue weighted by Gasteiger charge is -2.39. The topological polar surface area (TPSA) is 110 Å². The average molecular weight is 518 g/mol. The number of alkyl halides is 3. The van der Waals surface area contributed by atoms with Crippen molar-refractivity contribution in [3.63, 3.8) is 0 Å². The Hall–Kier alpha value is -2.28. The summed E-state index contributed by atoms with van der Waals surface area (Å²) in [6.07, 6.45) is -3.22. The molecule has 0 bridgehead atoms. The summed E-state index contributed by atoms with van der Waals surface area (Å²) in [7, 11) is -1.85. The summed E-state index contributed by atoms with van der Waals surface area (Å²) in [5, 5.41) is 8.33. The molecule has 0 radical (unpaired) electrons. The predicted octanol–water partition coefficient (Wildman–Crippen LogP) is 3.79. The van der Waals surface area contributed by atoms with Crippen LogP contribution < -0.4 is 15.4 Å². The first-order valence-electron chi connectivity index (χ1n) is 10.6. The van der Waals surface area contributed by atoms with Gasteiger partial charge in [-0.25, -0.2) is 19.3 Å². The molecule has 4 rings (SSSR count). The fraction of sp³-hybridized carbons (Fsp3) is 0.476. The number of carbonyl (C=O) groups is 1. The molecule has 1 saturated carbocycles. The van der Waals surface area contributed by atoms with Gasteiger partial charge in [0.1, 0.15) is 21.8 Å². The fourth-order valence-electron chi connectivity index (χ4n) is 3.97. The van der Waals surface area contributed by atoms with Crippen LogP contribution in [0.25, 0.3) is 0 Å². The number of aromatic nitrogens is 2. The third-order valence-electron chi connectivity index (χ3n) is 5.84. The van der Waals surface area contributed by atoms with Gasteiger partial charge in [-0.2, -0.15) is 13.2 Å². The Bertz CT molecular complexity index is 1120. The molecule has 3 N–H and O–H groups in total. The maximum absolute atomic E-state index is 13.5. The normalized spacial score (nSPS) is 22.2. The molecule has 2 aromatic heterocycles. The Labute approximate surface area is 201 Å². The SMILES string of the molecule is CC1CN(c2nc(C3CCC3)c(Cl)cc2C(=O)Nc2ccnc(S(N)=O)c2)CC(C(F)(F)F)O1. The molecule has 0 aromatic carbocycles. The third kappa shape index (κ3) is 5.35. The standard InChI is InChI=1S/C21H23ClF3N5O3S/c1-11-9-30(10-16(33-11)21(23,24)25)19-14(8-15(22)18(29-19)12-3-2-4-12)20(31)28-13-5-6-27-17(7-13)34(26)32/h5-8,11-12,16H,2-4,9-10,26H2,1H3,(H,27,28,31). The average Bonchev–Trinajstić information content (AvgIpc) is 2.72. The van der Waals surface area contributed by atoms with Crippen molar-refractivity contribution in [1.82, 2.24) is 9.97 Å². The zero-order valence-electron chi connectivity index (χ0n) is 18.1. The van der Waals surface area contributed by atoms with Gasteiger partial charge in [0.15, 0.2) is 6.10 Å². The van der Waals surface area contributed by atoms with Gasteiger partial charge in [0, 0.05) is 24.3 Å². The number of nitrogens with two attached hydrogens (primary N) is 1. The predicted molar refractivity (Wildman–Crippen MR) is 121 cm³/mol. The fourth-order valence-corrected chi connectivity index (χ4v) is 4.68. The van der Waals surface area contributed by atoms with Crippen LogP contribution in [0.2, 0.25) is 5.02 Å². The lowest BCUT2D eigenvalue weighted by Crippen LogP contribution is -2.53. The summed E-state index contributed by atoms with van der Waals surface area (Å²) < 4.78 is 57.0. The van der Waals surface area contributed by atoms with Crippen LogP contribution >= 0.6 is 11.6 Å². The van der Waals surface area contributed by atoms with Gasteiger partial charge >= 0.3 is 6.18 Å². The lowest BCUT2D eigenvalue weighted by molar-refractivity contribution is -0.233. The number of hydrogen-bond donors (Lipinski definition) is 2. The minimum Gasteiger partial charge on any atom is -0.362 e. The van der Waals surface area contributed by atoms with Crippen molar-refractivity contribution in [2.24, 2.45) is 5.14 Å². The quantitative estimate of drug-likeness (QED) is 0.624. The number of nitrogens with one attached hydrogen (secondary N) is 1. The Morgan fingerprint density at radius 1 is 1.32 bits per heavy atom.